The molecule has 0 amide bonds. The lowest BCUT2D eigenvalue weighted by Gasteiger charge is -2.20. The Balaban J connectivity index is 2.12. The molecule has 0 aromatic heterocycles. The molecule has 0 heterocycles. The van der Waals surface area contributed by atoms with Crippen LogP contribution in [-0.4, -0.2) is 42.2 Å². The molecule has 2 rings (SSSR count). The van der Waals surface area contributed by atoms with Crippen LogP contribution in [0, 0.1) is 0 Å². The predicted molar refractivity (Wildman–Crippen MR) is 111 cm³/mol. The van der Waals surface area contributed by atoms with Gasteiger partial charge in [0, 0.05) is 43.8 Å². The van der Waals surface area contributed by atoms with Gasteiger partial charge in [-0.1, -0.05) is 13.8 Å². The summed E-state index contributed by atoms with van der Waals surface area (Å²) in [5.41, 5.74) is 4.56. The highest BCUT2D eigenvalue weighted by atomic mass is 15.1. The third-order valence-electron chi connectivity index (χ3n) is 4.44. The molecule has 1 aliphatic rings. The Morgan fingerprint density at radius 1 is 0.800 bits per heavy atom. The monoisotopic (exact) mass is 338 g/mol. The molecule has 3 heteroatoms. The predicted octanol–water partition coefficient (Wildman–Crippen LogP) is 5.00. The van der Waals surface area contributed by atoms with Crippen LogP contribution in [0.5, 0.6) is 0 Å². The fraction of sp³-hybridized carbons (Fsp3) is 0.455. The van der Waals surface area contributed by atoms with Crippen molar-refractivity contribution in [3.8, 4) is 0 Å². The van der Waals surface area contributed by atoms with Crippen molar-refractivity contribution in [2.24, 2.45) is 4.99 Å². The Labute approximate surface area is 153 Å². The summed E-state index contributed by atoms with van der Waals surface area (Å²) in [6, 6.07) is 8.51. The Morgan fingerprint density at radius 2 is 1.36 bits per heavy atom. The van der Waals surface area contributed by atoms with Crippen LogP contribution in [-0.2, 0) is 0 Å². The van der Waals surface area contributed by atoms with Crippen LogP contribution in [0.15, 0.2) is 53.6 Å². The highest BCUT2D eigenvalue weighted by Crippen LogP contribution is 2.20. The first-order chi connectivity index (χ1) is 12.2. The van der Waals surface area contributed by atoms with Gasteiger partial charge in [0.05, 0.1) is 11.4 Å². The van der Waals surface area contributed by atoms with E-state index in [-0.39, 0.29) is 0 Å². The summed E-state index contributed by atoms with van der Waals surface area (Å²) in [6.07, 6.45) is 11.0. The van der Waals surface area contributed by atoms with E-state index in [2.05, 4.69) is 85.7 Å². The molecule has 0 radical (unpaired) electrons. The number of benzene rings is 1. The molecule has 1 aromatic carbocycles. The van der Waals surface area contributed by atoms with E-state index in [0.29, 0.717) is 0 Å². The van der Waals surface area contributed by atoms with Crippen molar-refractivity contribution in [1.29, 1.82) is 0 Å². The molecule has 0 N–H and O–H groups in total. The molecule has 0 atom stereocenters. The molecule has 1 aromatic rings. The van der Waals surface area contributed by atoms with Crippen LogP contribution < -0.4 is 4.90 Å². The maximum absolute atomic E-state index is 4.75. The SMILES string of the molecule is CCC[N+](CCC)=C1C=CC(=Nc2ccc(N(CC)CC)cc2)C=C1. The van der Waals surface area contributed by atoms with Crippen LogP contribution in [0.4, 0.5) is 11.4 Å². The van der Waals surface area contributed by atoms with Gasteiger partial charge >= 0.3 is 0 Å². The molecule has 25 heavy (non-hydrogen) atoms. The highest BCUT2D eigenvalue weighted by molar-refractivity contribution is 6.17. The molecule has 0 fully saturated rings. The summed E-state index contributed by atoms with van der Waals surface area (Å²) in [5.74, 6) is 0. The van der Waals surface area contributed by atoms with Crippen molar-refractivity contribution in [1.82, 2.24) is 0 Å². The minimum absolute atomic E-state index is 1.00. The van der Waals surface area contributed by atoms with Crippen molar-refractivity contribution in [3.63, 3.8) is 0 Å². The number of allylic oxidation sites excluding steroid dienone is 4. The second-order valence-corrected chi connectivity index (χ2v) is 6.30. The highest BCUT2D eigenvalue weighted by Gasteiger charge is 2.11. The van der Waals surface area contributed by atoms with Gasteiger partial charge < -0.3 is 4.90 Å². The topological polar surface area (TPSA) is 18.6 Å². The van der Waals surface area contributed by atoms with Crippen molar-refractivity contribution in [2.45, 2.75) is 40.5 Å². The molecule has 0 unspecified atom stereocenters. The number of anilines is 1. The first kappa shape index (κ1) is 19.2. The maximum Gasteiger partial charge on any atom is 0.200 e. The van der Waals surface area contributed by atoms with Crippen molar-refractivity contribution >= 4 is 22.8 Å². The summed E-state index contributed by atoms with van der Waals surface area (Å²) in [6.45, 7) is 13.1. The van der Waals surface area contributed by atoms with Gasteiger partial charge in [-0.3, -0.25) is 0 Å². The van der Waals surface area contributed by atoms with Crippen LogP contribution in [0.25, 0.3) is 0 Å². The Morgan fingerprint density at radius 3 is 1.84 bits per heavy atom. The van der Waals surface area contributed by atoms with Crippen LogP contribution in [0.1, 0.15) is 40.5 Å². The molecular formula is C22H32N3+. The normalized spacial score (nSPS) is 13.3. The van der Waals surface area contributed by atoms with Crippen LogP contribution >= 0.6 is 0 Å². The van der Waals surface area contributed by atoms with Crippen LogP contribution in [0.3, 0.4) is 0 Å². The van der Waals surface area contributed by atoms with Gasteiger partial charge in [0.2, 0.25) is 0 Å². The second kappa shape index (κ2) is 9.97. The van der Waals surface area contributed by atoms with E-state index in [9.17, 15) is 0 Å². The van der Waals surface area contributed by atoms with Gasteiger partial charge in [-0.05, 0) is 50.3 Å². The van der Waals surface area contributed by atoms with Gasteiger partial charge in [-0.15, -0.1) is 0 Å². The zero-order valence-electron chi connectivity index (χ0n) is 16.2. The van der Waals surface area contributed by atoms with Crippen molar-refractivity contribution < 1.29 is 4.58 Å². The molecule has 0 spiro atoms. The summed E-state index contributed by atoms with van der Waals surface area (Å²) < 4.78 is 2.45. The minimum Gasteiger partial charge on any atom is -0.372 e. The fourth-order valence-corrected chi connectivity index (χ4v) is 3.12. The van der Waals surface area contributed by atoms with E-state index in [1.54, 1.807) is 0 Å². The zero-order chi connectivity index (χ0) is 18.1. The average molecular weight is 339 g/mol. The Bertz CT molecular complexity index is 633. The van der Waals surface area contributed by atoms with Gasteiger partial charge in [0.1, 0.15) is 13.1 Å². The lowest BCUT2D eigenvalue weighted by Crippen LogP contribution is -2.22. The molecule has 0 aliphatic heterocycles. The Hall–Kier alpha value is -2.16. The molecular weight excluding hydrogens is 306 g/mol. The zero-order valence-corrected chi connectivity index (χ0v) is 16.2. The fourth-order valence-electron chi connectivity index (χ4n) is 3.12. The number of nitrogens with zero attached hydrogens (tertiary/aromatic N) is 3. The minimum atomic E-state index is 1.00. The van der Waals surface area contributed by atoms with E-state index in [1.165, 1.54) is 24.2 Å². The largest absolute Gasteiger partial charge is 0.372 e. The molecule has 1 aliphatic carbocycles. The van der Waals surface area contributed by atoms with Crippen molar-refractivity contribution in [2.75, 3.05) is 31.1 Å². The molecule has 0 saturated heterocycles. The molecule has 0 saturated carbocycles. The number of hydrogen-bond donors (Lipinski definition) is 0. The molecule has 3 nitrogen and oxygen atoms in total. The van der Waals surface area contributed by atoms with E-state index in [0.717, 1.165) is 37.6 Å². The smallest absolute Gasteiger partial charge is 0.200 e. The summed E-state index contributed by atoms with van der Waals surface area (Å²) >= 11 is 0. The Kier molecular flexibility index (Phi) is 7.65. The molecule has 134 valence electrons. The lowest BCUT2D eigenvalue weighted by atomic mass is 10.1. The average Bonchev–Trinajstić information content (AvgIpc) is 2.65. The number of hydrogen-bond acceptors (Lipinski definition) is 2. The maximum atomic E-state index is 4.75. The van der Waals surface area contributed by atoms with Gasteiger partial charge in [0.25, 0.3) is 0 Å². The third-order valence-corrected chi connectivity index (χ3v) is 4.44. The number of aliphatic imine (C=N–C) groups is 1. The summed E-state index contributed by atoms with van der Waals surface area (Å²) in [7, 11) is 0. The quantitative estimate of drug-likeness (QED) is 0.482. The standard InChI is InChI=1S/C22H32N3/c1-5-17-25(18-6-2)22-15-11-20(12-16-22)23-19-9-13-21(14-10-19)24(7-3)8-4/h9-16H,5-8,17-18H2,1-4H3/q+1. The van der Waals surface area contributed by atoms with Crippen molar-refractivity contribution in [3.05, 3.63) is 48.6 Å². The first-order valence-electron chi connectivity index (χ1n) is 9.63. The van der Waals surface area contributed by atoms with E-state index >= 15 is 0 Å². The lowest BCUT2D eigenvalue weighted by molar-refractivity contribution is -0.526. The summed E-state index contributed by atoms with van der Waals surface area (Å²) in [5, 5.41) is 0. The van der Waals surface area contributed by atoms with Gasteiger partial charge in [-0.2, -0.15) is 0 Å². The van der Waals surface area contributed by atoms with E-state index in [4.69, 9.17) is 4.99 Å². The first-order valence-corrected chi connectivity index (χ1v) is 9.63. The number of rotatable bonds is 8. The van der Waals surface area contributed by atoms with Crippen LogP contribution in [0.2, 0.25) is 0 Å². The van der Waals surface area contributed by atoms with Gasteiger partial charge in [0.15, 0.2) is 5.71 Å². The third kappa shape index (κ3) is 5.42. The van der Waals surface area contributed by atoms with E-state index in [1.807, 2.05) is 0 Å². The molecule has 0 bridgehead atoms. The van der Waals surface area contributed by atoms with E-state index < -0.39 is 0 Å². The summed E-state index contributed by atoms with van der Waals surface area (Å²) in [4.78, 5) is 7.09. The van der Waals surface area contributed by atoms with Gasteiger partial charge in [-0.25, -0.2) is 9.57 Å². The second-order valence-electron chi connectivity index (χ2n) is 6.30.